The monoisotopic (exact) mass is 153 g/mol. The minimum atomic E-state index is 0.861. The normalized spacial score (nSPS) is 11.0. The number of nitrogens with zero attached hydrogens (tertiary/aromatic N) is 3. The molecule has 0 fully saturated rings. The zero-order valence-electron chi connectivity index (χ0n) is 7.63. The van der Waals surface area contributed by atoms with E-state index in [0.29, 0.717) is 0 Å². The Kier molecular flexibility index (Phi) is 2.29. The Morgan fingerprint density at radius 1 is 1.45 bits per heavy atom. The summed E-state index contributed by atoms with van der Waals surface area (Å²) in [5.41, 5.74) is 2.31. The van der Waals surface area contributed by atoms with Crippen molar-refractivity contribution >= 4 is 0 Å². The molecular weight excluding hydrogens is 138 g/mol. The predicted octanol–water partition coefficient (Wildman–Crippen LogP) is 1.02. The molecule has 0 atom stereocenters. The number of rotatable bonds is 2. The molecule has 1 heterocycles. The van der Waals surface area contributed by atoms with E-state index in [2.05, 4.69) is 23.0 Å². The van der Waals surface area contributed by atoms with E-state index in [1.165, 1.54) is 5.69 Å². The van der Waals surface area contributed by atoms with E-state index in [1.54, 1.807) is 0 Å². The molecule has 0 N–H and O–H groups in total. The third kappa shape index (κ3) is 2.05. The number of hydrogen-bond acceptors (Lipinski definition) is 2. The van der Waals surface area contributed by atoms with Crippen LogP contribution in [-0.2, 0) is 6.67 Å². The Bertz CT molecular complexity index is 237. The van der Waals surface area contributed by atoms with E-state index < -0.39 is 0 Å². The first kappa shape index (κ1) is 8.27. The van der Waals surface area contributed by atoms with Crippen LogP contribution in [0.2, 0.25) is 0 Å². The second-order valence-electron chi connectivity index (χ2n) is 3.15. The van der Waals surface area contributed by atoms with Crippen molar-refractivity contribution in [2.45, 2.75) is 20.5 Å². The first-order valence-corrected chi connectivity index (χ1v) is 3.75. The first-order chi connectivity index (χ1) is 5.09. The van der Waals surface area contributed by atoms with Gasteiger partial charge in [0.2, 0.25) is 0 Å². The molecule has 62 valence electrons. The highest BCUT2D eigenvalue weighted by Gasteiger charge is 1.99. The van der Waals surface area contributed by atoms with Crippen molar-refractivity contribution in [2.75, 3.05) is 14.1 Å². The van der Waals surface area contributed by atoms with Crippen molar-refractivity contribution in [1.82, 2.24) is 14.7 Å². The van der Waals surface area contributed by atoms with Crippen molar-refractivity contribution in [2.24, 2.45) is 0 Å². The van der Waals surface area contributed by atoms with Gasteiger partial charge in [-0.3, -0.25) is 9.58 Å². The van der Waals surface area contributed by atoms with E-state index in [9.17, 15) is 0 Å². The maximum absolute atomic E-state index is 4.33. The Morgan fingerprint density at radius 3 is 2.45 bits per heavy atom. The molecule has 1 aromatic heterocycles. The lowest BCUT2D eigenvalue weighted by Crippen LogP contribution is -2.18. The van der Waals surface area contributed by atoms with Crippen LogP contribution >= 0.6 is 0 Å². The number of aromatic nitrogens is 2. The van der Waals surface area contributed by atoms with E-state index in [0.717, 1.165) is 12.4 Å². The molecule has 0 spiro atoms. The van der Waals surface area contributed by atoms with Gasteiger partial charge in [0.25, 0.3) is 0 Å². The van der Waals surface area contributed by atoms with Crippen molar-refractivity contribution in [1.29, 1.82) is 0 Å². The van der Waals surface area contributed by atoms with Gasteiger partial charge < -0.3 is 0 Å². The van der Waals surface area contributed by atoms with Gasteiger partial charge in [-0.05, 0) is 34.0 Å². The zero-order valence-corrected chi connectivity index (χ0v) is 7.63. The van der Waals surface area contributed by atoms with Crippen molar-refractivity contribution in [3.8, 4) is 0 Å². The van der Waals surface area contributed by atoms with Crippen LogP contribution in [-0.4, -0.2) is 28.8 Å². The molecule has 1 rings (SSSR count). The van der Waals surface area contributed by atoms with Crippen molar-refractivity contribution in [3.63, 3.8) is 0 Å². The molecule has 1 aromatic rings. The van der Waals surface area contributed by atoms with Gasteiger partial charge in [0.05, 0.1) is 12.4 Å². The van der Waals surface area contributed by atoms with Crippen molar-refractivity contribution < 1.29 is 0 Å². The summed E-state index contributed by atoms with van der Waals surface area (Å²) < 4.78 is 2.00. The van der Waals surface area contributed by atoms with Crippen LogP contribution < -0.4 is 0 Å². The SMILES string of the molecule is Cc1cc(C)n(CN(C)C)n1. The summed E-state index contributed by atoms with van der Waals surface area (Å²) in [5.74, 6) is 0. The highest BCUT2D eigenvalue weighted by atomic mass is 15.4. The minimum absolute atomic E-state index is 0.861. The summed E-state index contributed by atoms with van der Waals surface area (Å²) in [6.45, 7) is 4.95. The fraction of sp³-hybridized carbons (Fsp3) is 0.625. The molecule has 0 bridgehead atoms. The lowest BCUT2D eigenvalue weighted by Gasteiger charge is -2.10. The van der Waals surface area contributed by atoms with Gasteiger partial charge in [-0.25, -0.2) is 0 Å². The average Bonchev–Trinajstić information content (AvgIpc) is 2.09. The van der Waals surface area contributed by atoms with Crippen LogP contribution in [0.25, 0.3) is 0 Å². The van der Waals surface area contributed by atoms with E-state index >= 15 is 0 Å². The molecule has 0 saturated carbocycles. The molecular formula is C8H15N3. The Labute approximate surface area is 67.6 Å². The van der Waals surface area contributed by atoms with Gasteiger partial charge in [0.1, 0.15) is 0 Å². The molecule has 0 aliphatic heterocycles. The Morgan fingerprint density at radius 2 is 2.09 bits per heavy atom. The molecule has 11 heavy (non-hydrogen) atoms. The second-order valence-corrected chi connectivity index (χ2v) is 3.15. The van der Waals surface area contributed by atoms with E-state index in [1.807, 2.05) is 25.7 Å². The highest BCUT2D eigenvalue weighted by Crippen LogP contribution is 2.01. The number of hydrogen-bond donors (Lipinski definition) is 0. The van der Waals surface area contributed by atoms with E-state index in [-0.39, 0.29) is 0 Å². The summed E-state index contributed by atoms with van der Waals surface area (Å²) >= 11 is 0. The summed E-state index contributed by atoms with van der Waals surface area (Å²) in [7, 11) is 4.08. The summed E-state index contributed by atoms with van der Waals surface area (Å²) in [5, 5.41) is 4.33. The summed E-state index contributed by atoms with van der Waals surface area (Å²) in [4.78, 5) is 2.10. The van der Waals surface area contributed by atoms with Crippen LogP contribution in [0.1, 0.15) is 11.4 Å². The molecule has 0 aliphatic carbocycles. The lowest BCUT2D eigenvalue weighted by atomic mass is 10.4. The molecule has 0 unspecified atom stereocenters. The standard InChI is InChI=1S/C8H15N3/c1-7-5-8(2)11(9-7)6-10(3)4/h5H,6H2,1-4H3. The fourth-order valence-corrected chi connectivity index (χ4v) is 1.09. The first-order valence-electron chi connectivity index (χ1n) is 3.75. The van der Waals surface area contributed by atoms with Gasteiger partial charge in [-0.15, -0.1) is 0 Å². The maximum Gasteiger partial charge on any atom is 0.0926 e. The average molecular weight is 153 g/mol. The molecule has 0 aromatic carbocycles. The second kappa shape index (κ2) is 3.05. The molecule has 0 saturated heterocycles. The Balaban J connectivity index is 2.77. The number of aryl methyl sites for hydroxylation is 2. The fourth-order valence-electron chi connectivity index (χ4n) is 1.09. The third-order valence-electron chi connectivity index (χ3n) is 1.52. The Hall–Kier alpha value is -0.830. The van der Waals surface area contributed by atoms with Gasteiger partial charge in [0, 0.05) is 5.69 Å². The van der Waals surface area contributed by atoms with Crippen molar-refractivity contribution in [3.05, 3.63) is 17.5 Å². The largest absolute Gasteiger partial charge is 0.291 e. The smallest absolute Gasteiger partial charge is 0.0926 e. The highest BCUT2D eigenvalue weighted by molar-refractivity contribution is 5.06. The van der Waals surface area contributed by atoms with Gasteiger partial charge in [0.15, 0.2) is 0 Å². The third-order valence-corrected chi connectivity index (χ3v) is 1.52. The summed E-state index contributed by atoms with van der Waals surface area (Å²) in [6, 6.07) is 2.09. The van der Waals surface area contributed by atoms with Crippen LogP contribution in [0, 0.1) is 13.8 Å². The van der Waals surface area contributed by atoms with Gasteiger partial charge in [-0.2, -0.15) is 5.10 Å². The molecule has 0 aliphatic rings. The van der Waals surface area contributed by atoms with E-state index in [4.69, 9.17) is 0 Å². The lowest BCUT2D eigenvalue weighted by molar-refractivity contribution is 0.303. The van der Waals surface area contributed by atoms with Crippen LogP contribution in [0.3, 0.4) is 0 Å². The van der Waals surface area contributed by atoms with Crippen LogP contribution in [0.5, 0.6) is 0 Å². The topological polar surface area (TPSA) is 21.1 Å². The molecule has 0 amide bonds. The summed E-state index contributed by atoms with van der Waals surface area (Å²) in [6.07, 6.45) is 0. The minimum Gasteiger partial charge on any atom is -0.291 e. The zero-order chi connectivity index (χ0) is 8.43. The predicted molar refractivity (Wildman–Crippen MR) is 45.4 cm³/mol. The maximum atomic E-state index is 4.33. The molecule has 0 radical (unpaired) electrons. The molecule has 3 heteroatoms. The molecule has 3 nitrogen and oxygen atoms in total. The van der Waals surface area contributed by atoms with Crippen LogP contribution in [0.4, 0.5) is 0 Å². The van der Waals surface area contributed by atoms with Gasteiger partial charge >= 0.3 is 0 Å². The van der Waals surface area contributed by atoms with Gasteiger partial charge in [-0.1, -0.05) is 0 Å². The quantitative estimate of drug-likeness (QED) is 0.632. The van der Waals surface area contributed by atoms with Crippen LogP contribution in [0.15, 0.2) is 6.07 Å².